The monoisotopic (exact) mass is 227 g/mol. The maximum atomic E-state index is 6.05. The van der Waals surface area contributed by atoms with E-state index in [4.69, 9.17) is 16.1 Å². The molecule has 5 nitrogen and oxygen atoms in total. The third-order valence-corrected chi connectivity index (χ3v) is 2.33. The molecule has 0 saturated carbocycles. The van der Waals surface area contributed by atoms with Crippen molar-refractivity contribution in [2.75, 3.05) is 0 Å². The predicted octanol–water partition coefficient (Wildman–Crippen LogP) is 2.80. The van der Waals surface area contributed by atoms with E-state index in [9.17, 15) is 0 Å². The third-order valence-electron chi connectivity index (χ3n) is 1.92. The molecule has 0 saturated heterocycles. The average Bonchev–Trinajstić information content (AvgIpc) is 2.89. The first-order chi connectivity index (χ1) is 7.31. The molecule has 80 valence electrons. The lowest BCUT2D eigenvalue weighted by atomic mass is 10.2. The van der Waals surface area contributed by atoms with Gasteiger partial charge in [0.2, 0.25) is 0 Å². The van der Waals surface area contributed by atoms with Crippen molar-refractivity contribution in [3.63, 3.8) is 0 Å². The number of alkyl halides is 1. The summed E-state index contributed by atoms with van der Waals surface area (Å²) >= 11 is 6.05. The number of hydrogen-bond acceptors (Lipinski definition) is 5. The zero-order chi connectivity index (χ0) is 10.7. The van der Waals surface area contributed by atoms with Crippen molar-refractivity contribution in [3.8, 4) is 11.6 Å². The van der Waals surface area contributed by atoms with Gasteiger partial charge in [-0.3, -0.25) is 0 Å². The molecule has 0 aliphatic carbocycles. The van der Waals surface area contributed by atoms with Crippen molar-refractivity contribution < 1.29 is 9.05 Å². The van der Waals surface area contributed by atoms with Crippen molar-refractivity contribution in [3.05, 3.63) is 18.2 Å². The standard InChI is InChI=1S/C9H10ClN3O2/c1-2-3-6(10)8-11-9(15-13-8)7-4-5-14-12-7/h4-6H,2-3H2,1H3. The summed E-state index contributed by atoms with van der Waals surface area (Å²) in [5.74, 6) is 0.831. The largest absolute Gasteiger partial charge is 0.364 e. The van der Waals surface area contributed by atoms with Crippen LogP contribution in [0.4, 0.5) is 0 Å². The first kappa shape index (κ1) is 10.2. The molecule has 2 aromatic rings. The van der Waals surface area contributed by atoms with Crippen LogP contribution >= 0.6 is 11.6 Å². The van der Waals surface area contributed by atoms with E-state index in [2.05, 4.69) is 19.8 Å². The lowest BCUT2D eigenvalue weighted by Crippen LogP contribution is -1.92. The van der Waals surface area contributed by atoms with Crippen molar-refractivity contribution >= 4 is 11.6 Å². The molecule has 15 heavy (non-hydrogen) atoms. The quantitative estimate of drug-likeness (QED) is 0.752. The Morgan fingerprint density at radius 1 is 1.47 bits per heavy atom. The molecule has 0 radical (unpaired) electrons. The van der Waals surface area contributed by atoms with Crippen LogP contribution in [0.5, 0.6) is 0 Å². The molecular formula is C9H10ClN3O2. The van der Waals surface area contributed by atoms with Crippen LogP contribution < -0.4 is 0 Å². The second kappa shape index (κ2) is 4.44. The summed E-state index contributed by atoms with van der Waals surface area (Å²) < 4.78 is 9.68. The van der Waals surface area contributed by atoms with Gasteiger partial charge in [0.15, 0.2) is 11.5 Å². The fraction of sp³-hybridized carbons (Fsp3) is 0.444. The van der Waals surface area contributed by atoms with Gasteiger partial charge in [-0.15, -0.1) is 11.6 Å². The molecule has 0 fully saturated rings. The van der Waals surface area contributed by atoms with E-state index in [0.717, 1.165) is 12.8 Å². The molecule has 0 N–H and O–H groups in total. The van der Waals surface area contributed by atoms with Crippen molar-refractivity contribution in [2.24, 2.45) is 0 Å². The van der Waals surface area contributed by atoms with Gasteiger partial charge >= 0.3 is 0 Å². The van der Waals surface area contributed by atoms with Gasteiger partial charge in [-0.05, 0) is 6.42 Å². The van der Waals surface area contributed by atoms with E-state index in [1.54, 1.807) is 6.07 Å². The SMILES string of the molecule is CCCC(Cl)c1noc(-c2ccon2)n1. The van der Waals surface area contributed by atoms with Crippen molar-refractivity contribution in [1.29, 1.82) is 0 Å². The highest BCUT2D eigenvalue weighted by molar-refractivity contribution is 6.20. The molecule has 0 spiro atoms. The molecule has 1 atom stereocenters. The van der Waals surface area contributed by atoms with Gasteiger partial charge in [0, 0.05) is 6.07 Å². The zero-order valence-corrected chi connectivity index (χ0v) is 8.94. The van der Waals surface area contributed by atoms with Crippen LogP contribution in [0.1, 0.15) is 31.0 Å². The number of nitrogens with zero attached hydrogens (tertiary/aromatic N) is 3. The van der Waals surface area contributed by atoms with Gasteiger partial charge in [-0.2, -0.15) is 4.98 Å². The molecule has 0 aliphatic rings. The predicted molar refractivity (Wildman–Crippen MR) is 53.3 cm³/mol. The molecule has 2 heterocycles. The summed E-state index contributed by atoms with van der Waals surface area (Å²) in [6.45, 7) is 2.05. The minimum absolute atomic E-state index is 0.209. The van der Waals surface area contributed by atoms with Gasteiger partial charge in [0.25, 0.3) is 5.89 Å². The Balaban J connectivity index is 2.17. The highest BCUT2D eigenvalue weighted by Crippen LogP contribution is 2.24. The summed E-state index contributed by atoms with van der Waals surface area (Å²) in [5, 5.41) is 7.27. The van der Waals surface area contributed by atoms with Crippen LogP contribution in [0.15, 0.2) is 21.4 Å². The van der Waals surface area contributed by atoms with Crippen LogP contribution in [0.3, 0.4) is 0 Å². The van der Waals surface area contributed by atoms with E-state index in [-0.39, 0.29) is 5.38 Å². The number of aromatic nitrogens is 3. The minimum Gasteiger partial charge on any atom is -0.364 e. The molecule has 1 unspecified atom stereocenters. The number of rotatable bonds is 4. The second-order valence-corrected chi connectivity index (χ2v) is 3.63. The summed E-state index contributed by atoms with van der Waals surface area (Å²) in [6.07, 6.45) is 3.24. The van der Waals surface area contributed by atoms with Gasteiger partial charge < -0.3 is 9.05 Å². The molecule has 0 amide bonds. The topological polar surface area (TPSA) is 65.0 Å². The summed E-state index contributed by atoms with van der Waals surface area (Å²) in [6, 6.07) is 1.65. The third kappa shape index (κ3) is 2.18. The average molecular weight is 228 g/mol. The second-order valence-electron chi connectivity index (χ2n) is 3.10. The van der Waals surface area contributed by atoms with Gasteiger partial charge in [0.05, 0.1) is 5.38 Å². The van der Waals surface area contributed by atoms with E-state index in [1.807, 2.05) is 6.92 Å². The molecule has 2 aromatic heterocycles. The smallest absolute Gasteiger partial charge is 0.280 e. The van der Waals surface area contributed by atoms with Gasteiger partial charge in [-0.1, -0.05) is 23.7 Å². The van der Waals surface area contributed by atoms with E-state index >= 15 is 0 Å². The van der Waals surface area contributed by atoms with Crippen molar-refractivity contribution in [2.45, 2.75) is 25.1 Å². The van der Waals surface area contributed by atoms with Gasteiger partial charge in [0.1, 0.15) is 6.26 Å². The summed E-state index contributed by atoms with van der Waals surface area (Å²) in [4.78, 5) is 4.14. The maximum absolute atomic E-state index is 6.05. The molecular weight excluding hydrogens is 218 g/mol. The Kier molecular flexibility index (Phi) is 3.01. The molecule has 0 aromatic carbocycles. The van der Waals surface area contributed by atoms with Crippen LogP contribution in [0, 0.1) is 0 Å². The highest BCUT2D eigenvalue weighted by Gasteiger charge is 2.16. The summed E-state index contributed by atoms with van der Waals surface area (Å²) in [5.41, 5.74) is 0.522. The van der Waals surface area contributed by atoms with Crippen molar-refractivity contribution in [1.82, 2.24) is 15.3 Å². The highest BCUT2D eigenvalue weighted by atomic mass is 35.5. The van der Waals surface area contributed by atoms with Crippen LogP contribution in [-0.2, 0) is 0 Å². The van der Waals surface area contributed by atoms with E-state index in [0.29, 0.717) is 17.4 Å². The molecule has 6 heteroatoms. The lowest BCUT2D eigenvalue weighted by Gasteiger charge is -1.99. The fourth-order valence-corrected chi connectivity index (χ4v) is 1.48. The molecule has 0 aliphatic heterocycles. The van der Waals surface area contributed by atoms with Crippen LogP contribution in [-0.4, -0.2) is 15.3 Å². The van der Waals surface area contributed by atoms with Gasteiger partial charge in [-0.25, -0.2) is 0 Å². The minimum atomic E-state index is -0.209. The zero-order valence-electron chi connectivity index (χ0n) is 8.18. The van der Waals surface area contributed by atoms with E-state index < -0.39 is 0 Å². The normalized spacial score (nSPS) is 12.9. The lowest BCUT2D eigenvalue weighted by molar-refractivity contribution is 0.401. The summed E-state index contributed by atoms with van der Waals surface area (Å²) in [7, 11) is 0. The Hall–Kier alpha value is -1.36. The number of hydrogen-bond donors (Lipinski definition) is 0. The molecule has 2 rings (SSSR count). The maximum Gasteiger partial charge on any atom is 0.280 e. The van der Waals surface area contributed by atoms with Crippen LogP contribution in [0.25, 0.3) is 11.6 Å². The fourth-order valence-electron chi connectivity index (χ4n) is 1.17. The number of halogens is 1. The van der Waals surface area contributed by atoms with Crippen LogP contribution in [0.2, 0.25) is 0 Å². The Bertz CT molecular complexity index is 413. The Morgan fingerprint density at radius 2 is 2.33 bits per heavy atom. The Labute approximate surface area is 91.4 Å². The molecule has 0 bridgehead atoms. The van der Waals surface area contributed by atoms with E-state index in [1.165, 1.54) is 6.26 Å². The Morgan fingerprint density at radius 3 is 3.00 bits per heavy atom. The first-order valence-electron chi connectivity index (χ1n) is 4.69. The first-order valence-corrected chi connectivity index (χ1v) is 5.13.